The molecular weight excluding hydrogens is 341 g/mol. The largest absolute Gasteiger partial charge is 0.508 e. The Morgan fingerprint density at radius 1 is 1.33 bits per heavy atom. The first-order valence-corrected chi connectivity index (χ1v) is 6.89. The van der Waals surface area contributed by atoms with Crippen LogP contribution in [0.2, 0.25) is 0 Å². The van der Waals surface area contributed by atoms with E-state index in [9.17, 15) is 14.3 Å². The molecule has 1 unspecified atom stereocenters. The van der Waals surface area contributed by atoms with Gasteiger partial charge < -0.3 is 15.2 Å². The topological polar surface area (TPSA) is 58.6 Å². The molecule has 0 radical (unpaired) electrons. The zero-order valence-electron chi connectivity index (χ0n) is 11.1. The highest BCUT2D eigenvalue weighted by molar-refractivity contribution is 9.10. The lowest BCUT2D eigenvalue weighted by Gasteiger charge is -2.19. The maximum absolute atomic E-state index is 13.4. The number of benzene rings is 2. The molecule has 4 nitrogen and oxygen atoms in total. The molecule has 0 saturated carbocycles. The second-order valence-corrected chi connectivity index (χ2v) is 5.14. The monoisotopic (exact) mass is 353 g/mol. The van der Waals surface area contributed by atoms with E-state index in [-0.39, 0.29) is 11.3 Å². The second-order valence-electron chi connectivity index (χ2n) is 4.28. The molecule has 1 atom stereocenters. The summed E-state index contributed by atoms with van der Waals surface area (Å²) in [6.45, 7) is 0. The fraction of sp³-hybridized carbons (Fsp3) is 0.133. The van der Waals surface area contributed by atoms with Crippen LogP contribution < -0.4 is 5.32 Å². The van der Waals surface area contributed by atoms with Crippen molar-refractivity contribution in [3.8, 4) is 5.75 Å². The Hall–Kier alpha value is -2.08. The Labute approximate surface area is 129 Å². The van der Waals surface area contributed by atoms with Gasteiger partial charge in [-0.3, -0.25) is 0 Å². The Morgan fingerprint density at radius 2 is 2.05 bits per heavy atom. The summed E-state index contributed by atoms with van der Waals surface area (Å²) in [7, 11) is 1.23. The predicted molar refractivity (Wildman–Crippen MR) is 80.6 cm³/mol. The van der Waals surface area contributed by atoms with Crippen LogP contribution in [0.4, 0.5) is 10.1 Å². The summed E-state index contributed by atoms with van der Waals surface area (Å²) in [5.41, 5.74) is 0.731. The molecular formula is C15H13BrFNO3. The van der Waals surface area contributed by atoms with Gasteiger partial charge >= 0.3 is 5.97 Å². The van der Waals surface area contributed by atoms with Gasteiger partial charge in [-0.2, -0.15) is 0 Å². The van der Waals surface area contributed by atoms with Crippen LogP contribution in [-0.2, 0) is 9.53 Å². The van der Waals surface area contributed by atoms with Gasteiger partial charge in [0.15, 0.2) is 6.04 Å². The normalized spacial score (nSPS) is 11.8. The molecule has 0 heterocycles. The first kappa shape index (κ1) is 15.3. The molecule has 2 rings (SSSR count). The number of carbonyl (C=O) groups is 1. The molecule has 0 saturated heterocycles. The van der Waals surface area contributed by atoms with Gasteiger partial charge in [0.05, 0.1) is 7.11 Å². The summed E-state index contributed by atoms with van der Waals surface area (Å²) in [4.78, 5) is 12.0. The molecule has 21 heavy (non-hydrogen) atoms. The molecule has 0 amide bonds. The molecule has 2 aromatic rings. The fourth-order valence-corrected chi connectivity index (χ4v) is 2.27. The number of anilines is 1. The summed E-state index contributed by atoms with van der Waals surface area (Å²) in [6, 6.07) is 9.53. The SMILES string of the molecule is COC(=O)C(Nc1ccccc1Br)c1cc(F)ccc1O. The first-order valence-electron chi connectivity index (χ1n) is 6.10. The van der Waals surface area contributed by atoms with Crippen LogP contribution in [0.1, 0.15) is 11.6 Å². The van der Waals surface area contributed by atoms with Crippen molar-refractivity contribution in [2.45, 2.75) is 6.04 Å². The van der Waals surface area contributed by atoms with Gasteiger partial charge in [0.1, 0.15) is 11.6 Å². The van der Waals surface area contributed by atoms with E-state index in [1.807, 2.05) is 6.07 Å². The van der Waals surface area contributed by atoms with Crippen molar-refractivity contribution < 1.29 is 19.0 Å². The number of para-hydroxylation sites is 1. The molecule has 0 aliphatic carbocycles. The van der Waals surface area contributed by atoms with E-state index in [1.165, 1.54) is 13.2 Å². The molecule has 2 aromatic carbocycles. The molecule has 0 aliphatic rings. The maximum Gasteiger partial charge on any atom is 0.333 e. The number of ether oxygens (including phenoxy) is 1. The minimum Gasteiger partial charge on any atom is -0.508 e. The molecule has 2 N–H and O–H groups in total. The summed E-state index contributed by atoms with van der Waals surface area (Å²) in [5, 5.41) is 12.8. The van der Waals surface area contributed by atoms with Crippen molar-refractivity contribution in [3.05, 3.63) is 58.3 Å². The number of hydrogen-bond acceptors (Lipinski definition) is 4. The number of phenols is 1. The Kier molecular flexibility index (Phi) is 4.80. The van der Waals surface area contributed by atoms with Crippen LogP contribution >= 0.6 is 15.9 Å². The highest BCUT2D eigenvalue weighted by atomic mass is 79.9. The summed E-state index contributed by atoms with van der Waals surface area (Å²) in [6.07, 6.45) is 0. The van der Waals surface area contributed by atoms with Gasteiger partial charge in [0, 0.05) is 15.7 Å². The van der Waals surface area contributed by atoms with Gasteiger partial charge in [0.25, 0.3) is 0 Å². The van der Waals surface area contributed by atoms with E-state index in [1.54, 1.807) is 18.2 Å². The number of methoxy groups -OCH3 is 1. The summed E-state index contributed by atoms with van der Waals surface area (Å²) >= 11 is 3.35. The van der Waals surface area contributed by atoms with Crippen molar-refractivity contribution >= 4 is 27.6 Å². The van der Waals surface area contributed by atoms with Crippen LogP contribution in [-0.4, -0.2) is 18.2 Å². The maximum atomic E-state index is 13.4. The van der Waals surface area contributed by atoms with Crippen molar-refractivity contribution in [1.29, 1.82) is 0 Å². The predicted octanol–water partition coefficient (Wildman–Crippen LogP) is 3.62. The Bertz CT molecular complexity index is 663. The summed E-state index contributed by atoms with van der Waals surface area (Å²) in [5.74, 6) is -1.37. The second kappa shape index (κ2) is 6.58. The average molecular weight is 354 g/mol. The van der Waals surface area contributed by atoms with Gasteiger partial charge in [0.2, 0.25) is 0 Å². The number of halogens is 2. The third kappa shape index (κ3) is 3.52. The van der Waals surface area contributed by atoms with E-state index >= 15 is 0 Å². The standard InChI is InChI=1S/C15H13BrFNO3/c1-21-15(20)14(10-8-9(17)6-7-13(10)19)18-12-5-3-2-4-11(12)16/h2-8,14,18-19H,1H3. The average Bonchev–Trinajstić information content (AvgIpc) is 2.48. The van der Waals surface area contributed by atoms with Crippen LogP contribution in [0.5, 0.6) is 5.75 Å². The number of carbonyl (C=O) groups excluding carboxylic acids is 1. The molecule has 6 heteroatoms. The van der Waals surface area contributed by atoms with Crippen LogP contribution in [0.3, 0.4) is 0 Å². The van der Waals surface area contributed by atoms with Gasteiger partial charge in [-0.15, -0.1) is 0 Å². The Balaban J connectivity index is 2.42. The number of phenolic OH excluding ortho intramolecular Hbond substituents is 1. The Morgan fingerprint density at radius 3 is 2.71 bits per heavy atom. The highest BCUT2D eigenvalue weighted by Crippen LogP contribution is 2.31. The first-order chi connectivity index (χ1) is 10.0. The zero-order valence-corrected chi connectivity index (χ0v) is 12.7. The lowest BCUT2D eigenvalue weighted by molar-refractivity contribution is -0.141. The quantitative estimate of drug-likeness (QED) is 0.824. The number of aromatic hydroxyl groups is 1. The van der Waals surface area contributed by atoms with Crippen molar-refractivity contribution in [3.63, 3.8) is 0 Å². The van der Waals surface area contributed by atoms with Gasteiger partial charge in [-0.25, -0.2) is 9.18 Å². The number of esters is 1. The molecule has 0 bridgehead atoms. The zero-order chi connectivity index (χ0) is 15.4. The van der Waals surface area contributed by atoms with Crippen LogP contribution in [0.25, 0.3) is 0 Å². The van der Waals surface area contributed by atoms with Gasteiger partial charge in [-0.1, -0.05) is 12.1 Å². The third-order valence-electron chi connectivity index (χ3n) is 2.91. The minimum atomic E-state index is -1.02. The van der Waals surface area contributed by atoms with Crippen LogP contribution in [0, 0.1) is 5.82 Å². The number of hydrogen-bond donors (Lipinski definition) is 2. The number of nitrogens with one attached hydrogen (secondary N) is 1. The molecule has 0 aliphatic heterocycles. The van der Waals surface area contributed by atoms with Gasteiger partial charge in [-0.05, 0) is 46.3 Å². The van der Waals surface area contributed by atoms with E-state index in [0.29, 0.717) is 5.69 Å². The lowest BCUT2D eigenvalue weighted by Crippen LogP contribution is -2.22. The van der Waals surface area contributed by atoms with E-state index in [2.05, 4.69) is 21.2 Å². The van der Waals surface area contributed by atoms with Crippen molar-refractivity contribution in [2.24, 2.45) is 0 Å². The van der Waals surface area contributed by atoms with Crippen molar-refractivity contribution in [1.82, 2.24) is 0 Å². The lowest BCUT2D eigenvalue weighted by atomic mass is 10.0. The highest BCUT2D eigenvalue weighted by Gasteiger charge is 2.25. The number of rotatable bonds is 4. The van der Waals surface area contributed by atoms with Crippen LogP contribution in [0.15, 0.2) is 46.9 Å². The van der Waals surface area contributed by atoms with E-state index in [4.69, 9.17) is 4.74 Å². The molecule has 0 spiro atoms. The smallest absolute Gasteiger partial charge is 0.333 e. The van der Waals surface area contributed by atoms with E-state index in [0.717, 1.165) is 16.6 Å². The van der Waals surface area contributed by atoms with Crippen molar-refractivity contribution in [2.75, 3.05) is 12.4 Å². The molecule has 110 valence electrons. The summed E-state index contributed by atoms with van der Waals surface area (Å²) < 4.78 is 18.8. The minimum absolute atomic E-state index is 0.109. The fourth-order valence-electron chi connectivity index (χ4n) is 1.87. The molecule has 0 fully saturated rings. The van der Waals surface area contributed by atoms with E-state index < -0.39 is 17.8 Å². The third-order valence-corrected chi connectivity index (χ3v) is 3.60. The molecule has 0 aromatic heterocycles.